The van der Waals surface area contributed by atoms with Crippen LogP contribution in [-0.2, 0) is 4.79 Å². The third-order valence-corrected chi connectivity index (χ3v) is 5.31. The Hall–Kier alpha value is -1.55. The summed E-state index contributed by atoms with van der Waals surface area (Å²) in [4.78, 5) is 28.6. The fourth-order valence-corrected chi connectivity index (χ4v) is 4.35. The van der Waals surface area contributed by atoms with Crippen LogP contribution in [0.3, 0.4) is 0 Å². The molecule has 1 aliphatic carbocycles. The Bertz CT molecular complexity index is 618. The second-order valence-electron chi connectivity index (χ2n) is 6.21. The first-order valence-corrected chi connectivity index (χ1v) is 7.96. The van der Waals surface area contributed by atoms with Crippen molar-refractivity contribution in [2.24, 2.45) is 5.92 Å². The maximum Gasteiger partial charge on any atom is 0.332 e. The normalized spacial score (nSPS) is 31.6. The first kappa shape index (κ1) is 13.1. The van der Waals surface area contributed by atoms with Crippen LogP contribution in [0.25, 0.3) is 0 Å². The molecule has 1 saturated carbocycles. The number of hydrogen-bond donors (Lipinski definition) is 0. The molecule has 3 aliphatic rings. The van der Waals surface area contributed by atoms with Crippen molar-refractivity contribution >= 4 is 29.2 Å². The molecule has 0 aromatic heterocycles. The van der Waals surface area contributed by atoms with Crippen molar-refractivity contribution in [3.63, 3.8) is 0 Å². The third-order valence-electron chi connectivity index (χ3n) is 5.07. The van der Waals surface area contributed by atoms with Crippen molar-refractivity contribution in [3.8, 4) is 0 Å². The molecule has 3 unspecified atom stereocenters. The summed E-state index contributed by atoms with van der Waals surface area (Å²) in [7, 11) is 0. The third kappa shape index (κ3) is 1.89. The van der Waals surface area contributed by atoms with E-state index in [0.29, 0.717) is 16.6 Å². The number of hydrogen-bond acceptors (Lipinski definition) is 2. The van der Waals surface area contributed by atoms with Gasteiger partial charge >= 0.3 is 6.03 Å². The zero-order valence-corrected chi connectivity index (χ0v) is 12.4. The Morgan fingerprint density at radius 3 is 2.76 bits per heavy atom. The molecule has 0 bridgehead atoms. The van der Waals surface area contributed by atoms with Gasteiger partial charge in [-0.25, -0.2) is 9.69 Å². The van der Waals surface area contributed by atoms with Gasteiger partial charge < -0.3 is 4.90 Å². The van der Waals surface area contributed by atoms with E-state index in [-0.39, 0.29) is 24.0 Å². The molecule has 21 heavy (non-hydrogen) atoms. The Balaban J connectivity index is 1.68. The van der Waals surface area contributed by atoms with E-state index in [1.807, 2.05) is 4.90 Å². The summed E-state index contributed by atoms with van der Waals surface area (Å²) in [5, 5.41) is 0.538. The highest BCUT2D eigenvalue weighted by atomic mass is 35.5. The number of anilines is 1. The van der Waals surface area contributed by atoms with Crippen LogP contribution < -0.4 is 4.90 Å². The number of carbonyl (C=O) groups excluding carboxylic acids is 2. The summed E-state index contributed by atoms with van der Waals surface area (Å²) in [5.41, 5.74) is 0.583. The topological polar surface area (TPSA) is 40.6 Å². The molecule has 3 amide bonds. The molecule has 2 saturated heterocycles. The van der Waals surface area contributed by atoms with Crippen molar-refractivity contribution < 1.29 is 9.59 Å². The average molecular weight is 305 g/mol. The maximum absolute atomic E-state index is 12.8. The van der Waals surface area contributed by atoms with Gasteiger partial charge in [-0.2, -0.15) is 0 Å². The summed E-state index contributed by atoms with van der Waals surface area (Å²) in [5.74, 6) is 0.426. The van der Waals surface area contributed by atoms with Gasteiger partial charge in [0.15, 0.2) is 0 Å². The summed E-state index contributed by atoms with van der Waals surface area (Å²) >= 11 is 5.99. The van der Waals surface area contributed by atoms with Crippen molar-refractivity contribution in [2.75, 3.05) is 4.90 Å². The molecule has 0 radical (unpaired) electrons. The van der Waals surface area contributed by atoms with Gasteiger partial charge in [0, 0.05) is 11.1 Å². The van der Waals surface area contributed by atoms with Gasteiger partial charge in [-0.3, -0.25) is 4.79 Å². The molecule has 1 aromatic carbocycles. The number of fused-ring (bicyclic) bond motifs is 3. The number of halogens is 1. The molecule has 0 N–H and O–H groups in total. The molecule has 1 aromatic rings. The van der Waals surface area contributed by atoms with Gasteiger partial charge in [-0.15, -0.1) is 0 Å². The largest absolute Gasteiger partial charge is 0.332 e. The van der Waals surface area contributed by atoms with E-state index in [1.165, 1.54) is 11.3 Å². The standard InChI is InChI=1S/C16H17ClN2O2/c17-11-5-3-6-12(9-11)18-15(20)14-8-10-4-1-2-7-13(10)19(14)16(18)21/h3,5-6,9-10,13-14H,1-2,4,7-8H2. The van der Waals surface area contributed by atoms with Gasteiger partial charge in [-0.05, 0) is 43.4 Å². The van der Waals surface area contributed by atoms with E-state index in [9.17, 15) is 9.59 Å². The smallest absolute Gasteiger partial charge is 0.309 e. The molecule has 3 fully saturated rings. The number of carbonyl (C=O) groups is 2. The van der Waals surface area contributed by atoms with Crippen molar-refractivity contribution in [1.82, 2.24) is 4.90 Å². The molecule has 0 spiro atoms. The molecule has 110 valence electrons. The molecule has 5 heteroatoms. The SMILES string of the molecule is O=C1C2CC3CCCCC3N2C(=O)N1c1cccc(Cl)c1. The molecule has 3 atom stereocenters. The highest BCUT2D eigenvalue weighted by molar-refractivity contribution is 6.31. The average Bonchev–Trinajstić information content (AvgIpc) is 2.96. The van der Waals surface area contributed by atoms with Crippen LogP contribution in [0.5, 0.6) is 0 Å². The predicted molar refractivity (Wildman–Crippen MR) is 80.3 cm³/mol. The minimum Gasteiger partial charge on any atom is -0.309 e. The van der Waals surface area contributed by atoms with Gasteiger partial charge in [0.05, 0.1) is 5.69 Å². The lowest BCUT2D eigenvalue weighted by Crippen LogP contribution is -2.41. The van der Waals surface area contributed by atoms with E-state index >= 15 is 0 Å². The van der Waals surface area contributed by atoms with Crippen LogP contribution in [0.15, 0.2) is 24.3 Å². The highest BCUT2D eigenvalue weighted by Crippen LogP contribution is 2.44. The highest BCUT2D eigenvalue weighted by Gasteiger charge is 2.55. The summed E-state index contributed by atoms with van der Waals surface area (Å²) in [6.45, 7) is 0. The van der Waals surface area contributed by atoms with E-state index in [1.54, 1.807) is 24.3 Å². The van der Waals surface area contributed by atoms with Crippen LogP contribution in [0.4, 0.5) is 10.5 Å². The van der Waals surface area contributed by atoms with Crippen molar-refractivity contribution in [2.45, 2.75) is 44.2 Å². The molecule has 4 rings (SSSR count). The van der Waals surface area contributed by atoms with Crippen LogP contribution in [0, 0.1) is 5.92 Å². The van der Waals surface area contributed by atoms with Crippen LogP contribution in [0.1, 0.15) is 32.1 Å². The van der Waals surface area contributed by atoms with Crippen LogP contribution in [0.2, 0.25) is 5.02 Å². The van der Waals surface area contributed by atoms with Crippen molar-refractivity contribution in [3.05, 3.63) is 29.3 Å². The zero-order chi connectivity index (χ0) is 14.6. The lowest BCUT2D eigenvalue weighted by Gasteiger charge is -2.31. The number of amides is 3. The summed E-state index contributed by atoms with van der Waals surface area (Å²) in [6, 6.07) is 6.79. The molecular formula is C16H17ClN2O2. The second-order valence-corrected chi connectivity index (χ2v) is 6.64. The Morgan fingerprint density at radius 2 is 1.95 bits per heavy atom. The summed E-state index contributed by atoms with van der Waals surface area (Å²) < 4.78 is 0. The first-order valence-electron chi connectivity index (χ1n) is 7.58. The Labute approximate surface area is 128 Å². The van der Waals surface area contributed by atoms with E-state index in [4.69, 9.17) is 11.6 Å². The molecule has 2 heterocycles. The van der Waals surface area contributed by atoms with Gasteiger partial charge in [-0.1, -0.05) is 30.5 Å². The second kappa shape index (κ2) is 4.73. The molecular weight excluding hydrogens is 288 g/mol. The lowest BCUT2D eigenvalue weighted by atomic mass is 9.84. The first-order chi connectivity index (χ1) is 10.2. The van der Waals surface area contributed by atoms with Crippen LogP contribution in [-0.4, -0.2) is 28.9 Å². The Morgan fingerprint density at radius 1 is 1.14 bits per heavy atom. The van der Waals surface area contributed by atoms with Gasteiger partial charge in [0.1, 0.15) is 6.04 Å². The van der Waals surface area contributed by atoms with E-state index in [2.05, 4.69) is 0 Å². The fraction of sp³-hybridized carbons (Fsp3) is 0.500. The number of rotatable bonds is 1. The quantitative estimate of drug-likeness (QED) is 0.746. The number of benzene rings is 1. The minimum absolute atomic E-state index is 0.0864. The molecule has 2 aliphatic heterocycles. The van der Waals surface area contributed by atoms with E-state index < -0.39 is 0 Å². The predicted octanol–water partition coefficient (Wildman–Crippen LogP) is 3.44. The number of imide groups is 1. The summed E-state index contributed by atoms with van der Waals surface area (Å²) in [6.07, 6.45) is 5.39. The maximum atomic E-state index is 12.8. The lowest BCUT2D eigenvalue weighted by molar-refractivity contribution is -0.119. The zero-order valence-electron chi connectivity index (χ0n) is 11.7. The minimum atomic E-state index is -0.260. The fourth-order valence-electron chi connectivity index (χ4n) is 4.17. The van der Waals surface area contributed by atoms with Crippen LogP contribution >= 0.6 is 11.6 Å². The van der Waals surface area contributed by atoms with Gasteiger partial charge in [0.25, 0.3) is 5.91 Å². The molecule has 4 nitrogen and oxygen atoms in total. The number of nitrogens with zero attached hydrogens (tertiary/aromatic N) is 2. The van der Waals surface area contributed by atoms with Crippen molar-refractivity contribution in [1.29, 1.82) is 0 Å². The van der Waals surface area contributed by atoms with Gasteiger partial charge in [0.2, 0.25) is 0 Å². The Kier molecular flexibility index (Phi) is 2.96. The van der Waals surface area contributed by atoms with E-state index in [0.717, 1.165) is 25.7 Å². The number of urea groups is 1. The monoisotopic (exact) mass is 304 g/mol.